The molecule has 13 nitrogen and oxygen atoms in total. The van der Waals surface area contributed by atoms with E-state index in [0.29, 0.717) is 31.0 Å². The van der Waals surface area contributed by atoms with E-state index in [0.717, 1.165) is 18.4 Å². The third-order valence-corrected chi connectivity index (χ3v) is 6.48. The highest BCUT2D eigenvalue weighted by Crippen LogP contribution is 2.34. The number of nitrogens with one attached hydrogen (secondary N) is 2. The second-order valence-electron chi connectivity index (χ2n) is 11.6. The summed E-state index contributed by atoms with van der Waals surface area (Å²) < 4.78 is 17.4. The van der Waals surface area contributed by atoms with Crippen molar-refractivity contribution in [2.75, 3.05) is 18.5 Å². The Balaban J connectivity index is 1.43. The summed E-state index contributed by atoms with van der Waals surface area (Å²) in [5.41, 5.74) is 0.269. The number of benzene rings is 2. The summed E-state index contributed by atoms with van der Waals surface area (Å²) in [4.78, 5) is 43.3. The molecule has 1 amide bonds. The Hall–Kier alpha value is -4.78. The molecule has 4 rings (SSSR count). The highest BCUT2D eigenvalue weighted by Gasteiger charge is 2.26. The molecule has 1 aromatic heterocycles. The normalized spacial score (nSPS) is 13.5. The summed E-state index contributed by atoms with van der Waals surface area (Å²) in [6.45, 7) is 8.68. The summed E-state index contributed by atoms with van der Waals surface area (Å²) >= 11 is 0. The van der Waals surface area contributed by atoms with Crippen LogP contribution in [0, 0.1) is 16.0 Å². The minimum Gasteiger partial charge on any atom is -0.490 e. The zero-order valence-electron chi connectivity index (χ0n) is 25.2. The van der Waals surface area contributed by atoms with Gasteiger partial charge in [0.25, 0.3) is 5.69 Å². The van der Waals surface area contributed by atoms with E-state index in [9.17, 15) is 24.8 Å². The van der Waals surface area contributed by atoms with E-state index >= 15 is 0 Å². The van der Waals surface area contributed by atoms with Gasteiger partial charge in [-0.25, -0.2) is 19.6 Å². The van der Waals surface area contributed by atoms with Crippen LogP contribution in [0.25, 0.3) is 11.3 Å². The fourth-order valence-corrected chi connectivity index (χ4v) is 4.27. The summed E-state index contributed by atoms with van der Waals surface area (Å²) in [5, 5.41) is 27.2. The minimum atomic E-state index is -1.30. The molecule has 1 unspecified atom stereocenters. The molecule has 2 aromatic carbocycles. The number of rotatable bonds is 14. The van der Waals surface area contributed by atoms with Crippen molar-refractivity contribution in [2.45, 2.75) is 65.3 Å². The monoisotopic (exact) mass is 607 g/mol. The first-order chi connectivity index (χ1) is 20.9. The molecular weight excluding hydrogens is 570 g/mol. The van der Waals surface area contributed by atoms with Crippen LogP contribution in [0.2, 0.25) is 0 Å². The molecule has 3 N–H and O–H groups in total. The smallest absolute Gasteiger partial charge is 0.407 e. The molecule has 3 aromatic rings. The highest BCUT2D eigenvalue weighted by molar-refractivity contribution is 5.98. The zero-order chi connectivity index (χ0) is 31.9. The maximum atomic E-state index is 11.9. The maximum Gasteiger partial charge on any atom is 0.407 e. The van der Waals surface area contributed by atoms with Gasteiger partial charge in [0, 0.05) is 36.7 Å². The predicted molar refractivity (Wildman–Crippen MR) is 162 cm³/mol. The second-order valence-corrected chi connectivity index (χ2v) is 11.6. The quantitative estimate of drug-likeness (QED) is 0.143. The molecule has 1 aliphatic rings. The van der Waals surface area contributed by atoms with Gasteiger partial charge in [0.15, 0.2) is 0 Å². The number of nitrogens with zero attached hydrogens (tertiary/aromatic N) is 3. The van der Waals surface area contributed by atoms with Crippen LogP contribution in [-0.2, 0) is 16.1 Å². The molecule has 0 bridgehead atoms. The van der Waals surface area contributed by atoms with Gasteiger partial charge in [-0.1, -0.05) is 13.0 Å². The van der Waals surface area contributed by atoms with Crippen molar-refractivity contribution in [1.29, 1.82) is 0 Å². The lowest BCUT2D eigenvalue weighted by atomic mass is 10.0. The van der Waals surface area contributed by atoms with E-state index in [1.165, 1.54) is 30.5 Å². The maximum absolute atomic E-state index is 11.9. The third-order valence-electron chi connectivity index (χ3n) is 6.48. The second kappa shape index (κ2) is 14.1. The Morgan fingerprint density at radius 2 is 1.95 bits per heavy atom. The molecule has 234 valence electrons. The number of amides is 1. The minimum absolute atomic E-state index is 0.0968. The van der Waals surface area contributed by atoms with Crippen LogP contribution in [0.5, 0.6) is 5.75 Å². The number of ether oxygens (including phenoxy) is 3. The molecule has 1 saturated carbocycles. The molecule has 13 heteroatoms. The summed E-state index contributed by atoms with van der Waals surface area (Å²) in [6.07, 6.45) is 3.83. The number of carbonyl (C=O) groups is 2. The van der Waals surface area contributed by atoms with Gasteiger partial charge in [0.2, 0.25) is 5.95 Å². The Bertz CT molecular complexity index is 1470. The van der Waals surface area contributed by atoms with E-state index in [1.54, 1.807) is 6.07 Å². The van der Waals surface area contributed by atoms with Crippen molar-refractivity contribution in [1.82, 2.24) is 15.3 Å². The molecular formula is C31H37N5O8. The fraction of sp³-hybridized carbons (Fsp3) is 0.419. The van der Waals surface area contributed by atoms with E-state index in [1.807, 2.05) is 39.8 Å². The molecule has 1 fully saturated rings. The first-order valence-corrected chi connectivity index (χ1v) is 14.3. The van der Waals surface area contributed by atoms with Crippen molar-refractivity contribution in [2.24, 2.45) is 5.92 Å². The van der Waals surface area contributed by atoms with E-state index in [4.69, 9.17) is 14.2 Å². The average Bonchev–Trinajstić information content (AvgIpc) is 3.77. The Kier molecular flexibility index (Phi) is 10.3. The molecule has 0 saturated heterocycles. The number of nitro benzene ring substituents is 1. The van der Waals surface area contributed by atoms with Crippen LogP contribution >= 0.6 is 0 Å². The van der Waals surface area contributed by atoms with Crippen molar-refractivity contribution >= 4 is 29.4 Å². The van der Waals surface area contributed by atoms with Crippen molar-refractivity contribution in [3.63, 3.8) is 0 Å². The van der Waals surface area contributed by atoms with Crippen LogP contribution in [0.3, 0.4) is 0 Å². The van der Waals surface area contributed by atoms with E-state index < -0.39 is 22.6 Å². The first kappa shape index (κ1) is 32.1. The Morgan fingerprint density at radius 3 is 2.64 bits per heavy atom. The number of alkyl carbamates (subject to hydrolysis) is 1. The summed E-state index contributed by atoms with van der Waals surface area (Å²) in [6, 6.07) is 10.8. The molecule has 1 heterocycles. The summed E-state index contributed by atoms with van der Waals surface area (Å²) in [7, 11) is 0. The molecule has 0 aliphatic heterocycles. The standard InChI is InChI=1S/C31H37N5O8/c1-19(12-14-33-30(39)44-31(2,3)4)17-42-18-20-16-21(8-11-26(20)43-22-9-10-22)34-29-32-15-13-24(35-29)27-23(28(37)38)6-5-7-25(27)36(40)41/h5-8,11,13,15-16,19,22H,9-10,12,14,17-18H2,1-4H3,(H,33,39)(H,37,38)(H,32,34,35). The largest absolute Gasteiger partial charge is 0.490 e. The van der Waals surface area contributed by atoms with Crippen molar-refractivity contribution < 1.29 is 33.8 Å². The molecule has 0 radical (unpaired) electrons. The van der Waals surface area contributed by atoms with E-state index in [-0.39, 0.29) is 47.1 Å². The van der Waals surface area contributed by atoms with Gasteiger partial charge in [-0.05, 0) is 76.3 Å². The van der Waals surface area contributed by atoms with Gasteiger partial charge in [0.05, 0.1) is 34.5 Å². The molecule has 1 aliphatic carbocycles. The van der Waals surface area contributed by atoms with Gasteiger partial charge in [0.1, 0.15) is 11.4 Å². The van der Waals surface area contributed by atoms with Gasteiger partial charge in [-0.15, -0.1) is 0 Å². The predicted octanol–water partition coefficient (Wildman–Crippen LogP) is 6.10. The number of hydrogen-bond acceptors (Lipinski definition) is 10. The van der Waals surface area contributed by atoms with Crippen LogP contribution in [0.1, 0.15) is 62.9 Å². The van der Waals surface area contributed by atoms with Gasteiger partial charge < -0.3 is 30.0 Å². The molecule has 44 heavy (non-hydrogen) atoms. The van der Waals surface area contributed by atoms with Crippen molar-refractivity contribution in [3.8, 4) is 17.0 Å². The molecule has 0 spiro atoms. The number of aromatic carboxylic acids is 1. The number of anilines is 2. The number of carboxylic acid groups (broad SMARTS) is 1. The van der Waals surface area contributed by atoms with Crippen molar-refractivity contribution in [3.05, 3.63) is 69.9 Å². The Labute approximate surface area is 255 Å². The Morgan fingerprint density at radius 1 is 1.18 bits per heavy atom. The number of nitro groups is 1. The van der Waals surface area contributed by atoms with Crippen LogP contribution < -0.4 is 15.4 Å². The highest BCUT2D eigenvalue weighted by atomic mass is 16.6. The number of hydrogen-bond donors (Lipinski definition) is 3. The van der Waals surface area contributed by atoms with Crippen LogP contribution in [-0.4, -0.2) is 56.9 Å². The lowest BCUT2D eigenvalue weighted by Crippen LogP contribution is -2.33. The SMILES string of the molecule is CC(CCNC(=O)OC(C)(C)C)COCc1cc(Nc2nccc(-c3c(C(=O)O)cccc3[N+](=O)[O-])n2)ccc1OC1CC1. The lowest BCUT2D eigenvalue weighted by Gasteiger charge is -2.20. The van der Waals surface area contributed by atoms with Gasteiger partial charge in [-0.2, -0.15) is 0 Å². The zero-order valence-corrected chi connectivity index (χ0v) is 25.2. The summed E-state index contributed by atoms with van der Waals surface area (Å²) in [5.74, 6) is -0.293. The van der Waals surface area contributed by atoms with E-state index in [2.05, 4.69) is 20.6 Å². The fourth-order valence-electron chi connectivity index (χ4n) is 4.27. The van der Waals surface area contributed by atoms with Gasteiger partial charge >= 0.3 is 12.1 Å². The third kappa shape index (κ3) is 9.36. The average molecular weight is 608 g/mol. The number of carbonyl (C=O) groups excluding carboxylic acids is 1. The topological polar surface area (TPSA) is 175 Å². The molecule has 1 atom stereocenters. The first-order valence-electron chi connectivity index (χ1n) is 14.3. The number of aromatic nitrogens is 2. The van der Waals surface area contributed by atoms with Crippen LogP contribution in [0.4, 0.5) is 22.1 Å². The number of carboxylic acids is 1. The van der Waals surface area contributed by atoms with Crippen LogP contribution in [0.15, 0.2) is 48.7 Å². The van der Waals surface area contributed by atoms with Gasteiger partial charge in [-0.3, -0.25) is 10.1 Å². The lowest BCUT2D eigenvalue weighted by molar-refractivity contribution is -0.384.